The molecule has 0 spiro atoms. The van der Waals surface area contributed by atoms with Crippen molar-refractivity contribution in [3.63, 3.8) is 0 Å². The second kappa shape index (κ2) is 30.8. The van der Waals surface area contributed by atoms with E-state index < -0.39 is 77.8 Å². The number of nitrogens with zero attached hydrogens (tertiary/aromatic N) is 1. The highest BCUT2D eigenvalue weighted by atomic mass is 16.6. The lowest BCUT2D eigenvalue weighted by Crippen LogP contribution is -2.60. The zero-order valence-electron chi connectivity index (χ0n) is 44.2. The van der Waals surface area contributed by atoms with Crippen LogP contribution in [0, 0.1) is 29.6 Å². The van der Waals surface area contributed by atoms with Crippen LogP contribution in [0.2, 0.25) is 0 Å². The third-order valence-electron chi connectivity index (χ3n) is 15.0. The van der Waals surface area contributed by atoms with Gasteiger partial charge in [-0.15, -0.1) is 0 Å². The number of esters is 1. The van der Waals surface area contributed by atoms with Gasteiger partial charge in [0.15, 0.2) is 5.78 Å². The minimum absolute atomic E-state index is 0.0158. The summed E-state index contributed by atoms with van der Waals surface area (Å²) in [6.45, 7) is 11.3. The molecule has 17 heteroatoms. The summed E-state index contributed by atoms with van der Waals surface area (Å²) in [5.41, 5.74) is 1.19. The number of hydrogen-bond acceptors (Lipinski definition) is 16. The number of allylic oxidation sites excluding steroid dienone is 6. The molecule has 0 aromatic rings. The number of methoxy groups -OCH3 is 2. The number of carbonyl (C=O) groups excluding carboxylic acids is 5. The third kappa shape index (κ3) is 17.8. The lowest BCUT2D eigenvalue weighted by molar-refractivity contribution is -0.266. The van der Waals surface area contributed by atoms with Crippen molar-refractivity contribution in [3.8, 4) is 0 Å². The number of ketones is 3. The second-order valence-corrected chi connectivity index (χ2v) is 20.6. The molecule has 4 rings (SSSR count). The topological polar surface area (TPSA) is 234 Å². The maximum atomic E-state index is 14.4. The standard InChI is InChI=1S/C55H87NO16/c1-35-14-10-9-11-15-36(2)47(70-29-28-68-26-24-57)34-43-20-17-40(6)55(65,72-43)52(62)53(63)56-23-13-12-16-44(56)54(64)71-42(21-18-41-19-22-46(69-27-25-58)48(32-41)66-7)33-45(59)37(3)31-39(5)50(61)51(67-8)49(60)38(4)30-35/h9-11,14-15,31,35,37-38,40-44,46-48,50-51,57-58,61,65H,12-13,16-30,32-34H2,1-8H3/b11-9+,14-10+,36-15+,39-31+/t35-,37-,38-,40-,41-,42-,43+,44+,46-,47-,48-,50-,51+,55-/m1/s1. The fourth-order valence-corrected chi connectivity index (χ4v) is 10.5. The Morgan fingerprint density at radius 1 is 0.778 bits per heavy atom. The summed E-state index contributed by atoms with van der Waals surface area (Å²) in [6.07, 6.45) is 11.7. The zero-order valence-corrected chi connectivity index (χ0v) is 44.2. The van der Waals surface area contributed by atoms with Crippen molar-refractivity contribution >= 4 is 29.2 Å². The largest absolute Gasteiger partial charge is 0.460 e. The summed E-state index contributed by atoms with van der Waals surface area (Å²) >= 11 is 0. The number of aliphatic hydroxyl groups excluding tert-OH is 3. The fraction of sp³-hybridized carbons (Fsp3) is 0.764. The summed E-state index contributed by atoms with van der Waals surface area (Å²) in [7, 11) is 2.99. The highest BCUT2D eigenvalue weighted by molar-refractivity contribution is 6.39. The van der Waals surface area contributed by atoms with Crippen LogP contribution >= 0.6 is 0 Å². The molecular weight excluding hydrogens is 931 g/mol. The molecule has 0 unspecified atom stereocenters. The second-order valence-electron chi connectivity index (χ2n) is 20.6. The predicted molar refractivity (Wildman–Crippen MR) is 268 cm³/mol. The number of amides is 1. The highest BCUT2D eigenvalue weighted by Gasteiger charge is 2.53. The van der Waals surface area contributed by atoms with Crippen LogP contribution in [-0.2, 0) is 57.1 Å². The maximum Gasteiger partial charge on any atom is 0.329 e. The van der Waals surface area contributed by atoms with Gasteiger partial charge in [-0.25, -0.2) is 4.79 Å². The van der Waals surface area contributed by atoms with Gasteiger partial charge in [0.1, 0.15) is 30.1 Å². The van der Waals surface area contributed by atoms with Gasteiger partial charge in [-0.3, -0.25) is 19.2 Å². The lowest BCUT2D eigenvalue weighted by Gasteiger charge is -2.42. The summed E-state index contributed by atoms with van der Waals surface area (Å²) in [5, 5.41) is 42.1. The molecule has 0 radical (unpaired) electrons. The van der Waals surface area contributed by atoms with Gasteiger partial charge in [-0.05, 0) is 107 Å². The summed E-state index contributed by atoms with van der Waals surface area (Å²) in [6, 6.07) is -1.16. The molecule has 1 saturated carbocycles. The van der Waals surface area contributed by atoms with Crippen LogP contribution in [0.15, 0.2) is 47.6 Å². The number of carbonyl (C=O) groups is 5. The van der Waals surface area contributed by atoms with Gasteiger partial charge in [-0.1, -0.05) is 64.2 Å². The van der Waals surface area contributed by atoms with E-state index in [9.17, 15) is 44.4 Å². The van der Waals surface area contributed by atoms with Gasteiger partial charge in [0.2, 0.25) is 5.79 Å². The van der Waals surface area contributed by atoms with Crippen molar-refractivity contribution in [2.45, 2.75) is 180 Å². The average Bonchev–Trinajstić information content (AvgIpc) is 3.36. The molecule has 2 bridgehead atoms. The number of hydrogen-bond donors (Lipinski definition) is 4. The Balaban J connectivity index is 1.68. The summed E-state index contributed by atoms with van der Waals surface area (Å²) in [5.74, 6) is -7.87. The molecule has 14 atom stereocenters. The summed E-state index contributed by atoms with van der Waals surface area (Å²) in [4.78, 5) is 72.2. The van der Waals surface area contributed by atoms with Crippen molar-refractivity contribution in [2.75, 3.05) is 60.4 Å². The van der Waals surface area contributed by atoms with Crippen molar-refractivity contribution in [1.29, 1.82) is 0 Å². The van der Waals surface area contributed by atoms with Gasteiger partial charge in [0.25, 0.3) is 11.7 Å². The van der Waals surface area contributed by atoms with E-state index in [4.69, 9.17) is 33.2 Å². The van der Waals surface area contributed by atoms with E-state index in [0.717, 1.165) is 12.0 Å². The number of fused-ring (bicyclic) bond motifs is 3. The summed E-state index contributed by atoms with van der Waals surface area (Å²) < 4.78 is 41.3. The SMILES string of the molecule is CO[C@@H]1C[C@H](CC[C@@H]2CC(=O)[C@H](C)/C=C(\C)[C@@H](O)[C@@H](OC)C(=O)[C@H](C)C[C@H](C)/C=C/C=C/C=C(\C)[C@H](OCCOCCO)C[C@@H]3CC[C@@H](C)[C@@](O)(O3)C(=O)C(=O)N3CCCC[C@H]3C(=O)O2)CC[C@H]1OCCO. The zero-order chi connectivity index (χ0) is 53.0. The first-order valence-corrected chi connectivity index (χ1v) is 26.4. The van der Waals surface area contributed by atoms with E-state index in [1.54, 1.807) is 40.9 Å². The molecule has 2 saturated heterocycles. The Morgan fingerprint density at radius 2 is 1.53 bits per heavy atom. The van der Waals surface area contributed by atoms with Gasteiger partial charge in [-0.2, -0.15) is 0 Å². The Bertz CT molecular complexity index is 1870. The molecule has 1 amide bonds. The van der Waals surface area contributed by atoms with E-state index >= 15 is 0 Å². The molecule has 72 heavy (non-hydrogen) atoms. The normalized spacial score (nSPS) is 37.2. The Labute approximate surface area is 427 Å². The fourth-order valence-electron chi connectivity index (χ4n) is 10.5. The number of Topliss-reactive ketones (excluding diaryl/α,β-unsaturated/α-hetero) is 3. The van der Waals surface area contributed by atoms with Crippen LogP contribution in [0.1, 0.15) is 125 Å². The Morgan fingerprint density at radius 3 is 2.24 bits per heavy atom. The monoisotopic (exact) mass is 1020 g/mol. The Kier molecular flexibility index (Phi) is 26.1. The molecule has 3 aliphatic heterocycles. The smallest absolute Gasteiger partial charge is 0.329 e. The maximum absolute atomic E-state index is 14.4. The highest BCUT2D eigenvalue weighted by Crippen LogP contribution is 2.37. The first-order chi connectivity index (χ1) is 34.4. The number of piperidine rings is 1. The van der Waals surface area contributed by atoms with Crippen molar-refractivity contribution in [3.05, 3.63) is 47.6 Å². The number of rotatable bonds is 14. The van der Waals surface area contributed by atoms with Crippen molar-refractivity contribution in [1.82, 2.24) is 4.90 Å². The average molecular weight is 1020 g/mol. The van der Waals surface area contributed by atoms with E-state index in [1.165, 1.54) is 12.0 Å². The van der Waals surface area contributed by atoms with E-state index in [2.05, 4.69) is 0 Å². The van der Waals surface area contributed by atoms with Gasteiger partial charge >= 0.3 is 5.97 Å². The van der Waals surface area contributed by atoms with E-state index in [0.29, 0.717) is 63.4 Å². The van der Waals surface area contributed by atoms with Crippen LogP contribution in [0.5, 0.6) is 0 Å². The predicted octanol–water partition coefficient (Wildman–Crippen LogP) is 5.33. The van der Waals surface area contributed by atoms with Crippen LogP contribution in [-0.4, -0.2) is 170 Å². The third-order valence-corrected chi connectivity index (χ3v) is 15.0. The van der Waals surface area contributed by atoms with Crippen molar-refractivity contribution in [2.24, 2.45) is 29.6 Å². The van der Waals surface area contributed by atoms with Gasteiger partial charge in [0.05, 0.1) is 64.1 Å². The molecule has 0 aromatic heterocycles. The first kappa shape index (κ1) is 61.1. The van der Waals surface area contributed by atoms with Crippen LogP contribution in [0.3, 0.4) is 0 Å². The number of ether oxygens (including phenoxy) is 7. The minimum atomic E-state index is -2.49. The van der Waals surface area contributed by atoms with Crippen LogP contribution in [0.4, 0.5) is 0 Å². The lowest BCUT2D eigenvalue weighted by atomic mass is 9.81. The molecule has 4 N–H and O–H groups in total. The molecule has 3 fully saturated rings. The number of aliphatic hydroxyl groups is 4. The van der Waals surface area contributed by atoms with Crippen molar-refractivity contribution < 1.29 is 77.6 Å². The Hall–Kier alpha value is -3.49. The number of cyclic esters (lactones) is 1. The molecule has 408 valence electrons. The molecule has 0 aromatic carbocycles. The molecule has 1 aliphatic carbocycles. The minimum Gasteiger partial charge on any atom is -0.460 e. The van der Waals surface area contributed by atoms with Crippen LogP contribution < -0.4 is 0 Å². The van der Waals surface area contributed by atoms with E-state index in [1.807, 2.05) is 44.2 Å². The molecule has 4 aliphatic rings. The van der Waals surface area contributed by atoms with E-state index in [-0.39, 0.29) is 101 Å². The van der Waals surface area contributed by atoms with Gasteiger partial charge < -0.3 is 58.5 Å². The molecule has 3 heterocycles. The van der Waals surface area contributed by atoms with Gasteiger partial charge in [0, 0.05) is 51.4 Å². The van der Waals surface area contributed by atoms with Crippen LogP contribution in [0.25, 0.3) is 0 Å². The molecular formula is C55H87NO16. The quantitative estimate of drug-likeness (QED) is 0.0745. The molecule has 17 nitrogen and oxygen atoms in total. The first-order valence-electron chi connectivity index (χ1n) is 26.4.